The lowest BCUT2D eigenvalue weighted by molar-refractivity contribution is -0.126. The van der Waals surface area contributed by atoms with Gasteiger partial charge in [-0.1, -0.05) is 53.7 Å². The van der Waals surface area contributed by atoms with E-state index in [1.54, 1.807) is 38.4 Å². The Morgan fingerprint density at radius 2 is 1.57 bits per heavy atom. The number of nitrogens with zero attached hydrogens (tertiary/aromatic N) is 1. The van der Waals surface area contributed by atoms with E-state index in [-0.39, 0.29) is 60.7 Å². The third-order valence-electron chi connectivity index (χ3n) is 6.02. The summed E-state index contributed by atoms with van der Waals surface area (Å²) < 4.78 is 5.46. The number of hydrogen-bond donors (Lipinski definition) is 3. The largest absolute Gasteiger partial charge is 0.445 e. The quantitative estimate of drug-likeness (QED) is 0.366. The Balaban J connectivity index is 2.62. The third kappa shape index (κ3) is 9.32. The van der Waals surface area contributed by atoms with Gasteiger partial charge in [-0.25, -0.2) is 4.79 Å². The van der Waals surface area contributed by atoms with Crippen molar-refractivity contribution < 1.29 is 23.9 Å². The number of nitrogens with one attached hydrogen (secondary N) is 3. The average molecular weight is 491 g/mol. The molecule has 9 nitrogen and oxygen atoms in total. The van der Waals surface area contributed by atoms with Crippen molar-refractivity contribution in [2.75, 3.05) is 26.0 Å². The van der Waals surface area contributed by atoms with Crippen molar-refractivity contribution in [1.82, 2.24) is 15.5 Å². The summed E-state index contributed by atoms with van der Waals surface area (Å²) in [4.78, 5) is 50.1. The summed E-state index contributed by atoms with van der Waals surface area (Å²) in [6.45, 7) is 11.7. The van der Waals surface area contributed by atoms with Crippen LogP contribution in [0.5, 0.6) is 0 Å². The normalized spacial score (nSPS) is 13.8. The molecule has 196 valence electrons. The summed E-state index contributed by atoms with van der Waals surface area (Å²) in [7, 11) is 3.36. The predicted molar refractivity (Wildman–Crippen MR) is 137 cm³/mol. The van der Waals surface area contributed by atoms with E-state index in [1.807, 2.05) is 41.5 Å². The molecule has 0 saturated heterocycles. The molecular formula is C26H42N4O5. The monoisotopic (exact) mass is 490 g/mol. The highest BCUT2D eigenvalue weighted by molar-refractivity contribution is 5.95. The molecule has 0 radical (unpaired) electrons. The minimum atomic E-state index is -0.495. The van der Waals surface area contributed by atoms with Gasteiger partial charge in [-0.15, -0.1) is 0 Å². The van der Waals surface area contributed by atoms with Crippen molar-refractivity contribution in [2.45, 2.75) is 60.2 Å². The van der Waals surface area contributed by atoms with Gasteiger partial charge in [-0.2, -0.15) is 0 Å². The summed E-state index contributed by atoms with van der Waals surface area (Å²) in [6, 6.07) is 6.28. The van der Waals surface area contributed by atoms with E-state index in [4.69, 9.17) is 4.74 Å². The highest BCUT2D eigenvalue weighted by atomic mass is 16.6. The van der Waals surface area contributed by atoms with Gasteiger partial charge in [0.2, 0.25) is 11.8 Å². The van der Waals surface area contributed by atoms with Gasteiger partial charge in [0.1, 0.15) is 12.9 Å². The Hall–Kier alpha value is -2.94. The van der Waals surface area contributed by atoms with Gasteiger partial charge in [0.15, 0.2) is 0 Å². The molecule has 3 amide bonds. The second-order valence-electron chi connectivity index (χ2n) is 9.83. The highest BCUT2D eigenvalue weighted by Crippen LogP contribution is 2.24. The van der Waals surface area contributed by atoms with E-state index >= 15 is 0 Å². The minimum Gasteiger partial charge on any atom is -0.445 e. The number of anilines is 1. The molecule has 0 heterocycles. The summed E-state index contributed by atoms with van der Waals surface area (Å²) in [5.41, 5.74) is 1.32. The smallest absolute Gasteiger partial charge is 0.410 e. The number of ether oxygens (including phenoxy) is 1. The number of benzene rings is 1. The van der Waals surface area contributed by atoms with Crippen molar-refractivity contribution >= 4 is 29.9 Å². The number of likely N-dealkylation sites (N-methyl/N-ethyl adjacent to an activating group) is 1. The van der Waals surface area contributed by atoms with E-state index in [1.165, 1.54) is 4.90 Å². The lowest BCUT2D eigenvalue weighted by atomic mass is 9.83. The lowest BCUT2D eigenvalue weighted by Crippen LogP contribution is -2.47. The number of hydrogen-bond acceptors (Lipinski definition) is 6. The molecule has 1 rings (SSSR count). The summed E-state index contributed by atoms with van der Waals surface area (Å²) in [5, 5.41) is 8.29. The van der Waals surface area contributed by atoms with E-state index in [0.717, 1.165) is 11.8 Å². The Labute approximate surface area is 209 Å². The van der Waals surface area contributed by atoms with Crippen LogP contribution in [-0.4, -0.2) is 61.8 Å². The molecule has 0 fully saturated rings. The minimum absolute atomic E-state index is 0.0618. The number of amides is 3. The molecular weight excluding hydrogens is 448 g/mol. The van der Waals surface area contributed by atoms with Crippen LogP contribution in [0.1, 0.15) is 47.1 Å². The molecule has 0 aliphatic rings. The summed E-state index contributed by atoms with van der Waals surface area (Å²) >= 11 is 0. The van der Waals surface area contributed by atoms with E-state index < -0.39 is 6.09 Å². The third-order valence-corrected chi connectivity index (χ3v) is 6.02. The van der Waals surface area contributed by atoms with Crippen LogP contribution in [0.4, 0.5) is 10.5 Å². The first-order valence-corrected chi connectivity index (χ1v) is 12.1. The van der Waals surface area contributed by atoms with Crippen molar-refractivity contribution in [3.8, 4) is 0 Å². The zero-order valence-electron chi connectivity index (χ0n) is 22.3. The first-order valence-electron chi connectivity index (χ1n) is 12.1. The molecule has 1 aromatic rings. The van der Waals surface area contributed by atoms with Gasteiger partial charge in [0.25, 0.3) is 0 Å². The van der Waals surface area contributed by atoms with Crippen LogP contribution < -0.4 is 16.0 Å². The van der Waals surface area contributed by atoms with Gasteiger partial charge >= 0.3 is 6.09 Å². The second-order valence-corrected chi connectivity index (χ2v) is 9.83. The van der Waals surface area contributed by atoms with Crippen molar-refractivity contribution in [3.05, 3.63) is 29.8 Å². The SMILES string of the molecule is CNC(C(=O)NCC(=O)Nc1ccc(COC(=O)N(C)C(C(C)C)[C@H](C=O)C(C)C)cc1)C(C)C. The molecule has 0 saturated carbocycles. The number of rotatable bonds is 13. The maximum absolute atomic E-state index is 12.6. The van der Waals surface area contributed by atoms with Crippen LogP contribution in [-0.2, 0) is 25.7 Å². The van der Waals surface area contributed by atoms with Gasteiger partial charge in [-0.3, -0.25) is 9.59 Å². The van der Waals surface area contributed by atoms with Gasteiger partial charge in [-0.05, 0) is 42.5 Å². The first-order chi connectivity index (χ1) is 16.4. The number of carbonyl (C=O) groups excluding carboxylic acids is 4. The lowest BCUT2D eigenvalue weighted by Gasteiger charge is -2.36. The predicted octanol–water partition coefficient (Wildman–Crippen LogP) is 3.05. The topological polar surface area (TPSA) is 117 Å². The van der Waals surface area contributed by atoms with Crippen LogP contribution in [0.3, 0.4) is 0 Å². The molecule has 0 aromatic heterocycles. The zero-order valence-corrected chi connectivity index (χ0v) is 22.3. The van der Waals surface area contributed by atoms with Gasteiger partial charge < -0.3 is 30.4 Å². The fourth-order valence-corrected chi connectivity index (χ4v) is 4.08. The maximum atomic E-state index is 12.6. The van der Waals surface area contributed by atoms with Crippen LogP contribution in [0.15, 0.2) is 24.3 Å². The molecule has 35 heavy (non-hydrogen) atoms. The van der Waals surface area contributed by atoms with Crippen LogP contribution in [0.25, 0.3) is 0 Å². The Morgan fingerprint density at radius 3 is 2.03 bits per heavy atom. The standard InChI is InChI=1S/C26H42N4O5/c1-16(2)21(14-31)24(18(5)6)30(8)26(34)35-15-19-9-11-20(12-10-19)29-22(32)13-28-25(33)23(27-7)17(3)4/h9-12,14,16-18,21,23-24,27H,13,15H2,1-8H3,(H,28,33)(H,29,32)/t21-,23?,24?/m1/s1. The molecule has 9 heteroatoms. The van der Waals surface area contributed by atoms with Crippen molar-refractivity contribution in [2.24, 2.45) is 23.7 Å². The van der Waals surface area contributed by atoms with Crippen LogP contribution >= 0.6 is 0 Å². The zero-order chi connectivity index (χ0) is 26.7. The summed E-state index contributed by atoms with van der Waals surface area (Å²) in [5.74, 6) is -0.560. The Bertz CT molecular complexity index is 839. The van der Waals surface area contributed by atoms with Crippen LogP contribution in [0, 0.1) is 23.7 Å². The Kier molecular flexibility index (Phi) is 12.4. The van der Waals surface area contributed by atoms with E-state index in [9.17, 15) is 19.2 Å². The molecule has 0 spiro atoms. The van der Waals surface area contributed by atoms with Crippen molar-refractivity contribution in [3.63, 3.8) is 0 Å². The molecule has 0 bridgehead atoms. The van der Waals surface area contributed by atoms with E-state index in [0.29, 0.717) is 5.69 Å². The maximum Gasteiger partial charge on any atom is 0.410 e. The fourth-order valence-electron chi connectivity index (χ4n) is 4.08. The molecule has 0 aliphatic heterocycles. The fraction of sp³-hybridized carbons (Fsp3) is 0.615. The Morgan fingerprint density at radius 1 is 0.971 bits per heavy atom. The molecule has 0 aliphatic carbocycles. The second kappa shape index (κ2) is 14.5. The molecule has 3 N–H and O–H groups in total. The average Bonchev–Trinajstić information content (AvgIpc) is 2.79. The molecule has 2 unspecified atom stereocenters. The van der Waals surface area contributed by atoms with Gasteiger partial charge in [0.05, 0.1) is 12.6 Å². The van der Waals surface area contributed by atoms with Crippen molar-refractivity contribution in [1.29, 1.82) is 0 Å². The molecule has 1 aromatic carbocycles. The van der Waals surface area contributed by atoms with Gasteiger partial charge in [0, 0.05) is 24.7 Å². The highest BCUT2D eigenvalue weighted by Gasteiger charge is 2.33. The number of aldehydes is 1. The summed E-state index contributed by atoms with van der Waals surface area (Å²) in [6.07, 6.45) is 0.423. The van der Waals surface area contributed by atoms with Crippen LogP contribution in [0.2, 0.25) is 0 Å². The first kappa shape index (κ1) is 30.1. The van der Waals surface area contributed by atoms with E-state index in [2.05, 4.69) is 16.0 Å². The molecule has 3 atom stereocenters. The number of carbonyl (C=O) groups is 4.